The number of nitrogens with one attached hydrogen (secondary N) is 2. The minimum absolute atomic E-state index is 0.0380. The van der Waals surface area contributed by atoms with Crippen LogP contribution in [0.25, 0.3) is 10.6 Å². The Morgan fingerprint density at radius 2 is 2.15 bits per heavy atom. The SMILES string of the molecule is O=C(Nc1cnsc1OC1CCNC1)c1csc(-c2c(F)cccc2F)n1. The van der Waals surface area contributed by atoms with E-state index in [2.05, 4.69) is 20.0 Å². The first-order valence-electron chi connectivity index (χ1n) is 8.15. The quantitative estimate of drug-likeness (QED) is 0.675. The van der Waals surface area contributed by atoms with E-state index < -0.39 is 17.5 Å². The molecule has 6 nitrogen and oxygen atoms in total. The van der Waals surface area contributed by atoms with Gasteiger partial charge in [0, 0.05) is 23.5 Å². The lowest BCUT2D eigenvalue weighted by Crippen LogP contribution is -2.20. The van der Waals surface area contributed by atoms with Gasteiger partial charge in [0.25, 0.3) is 5.91 Å². The summed E-state index contributed by atoms with van der Waals surface area (Å²) in [6.45, 7) is 1.63. The summed E-state index contributed by atoms with van der Waals surface area (Å²) in [5, 5.41) is 7.98. The molecule has 1 unspecified atom stereocenters. The molecule has 3 aromatic rings. The number of aromatic nitrogens is 2. The van der Waals surface area contributed by atoms with Crippen LogP contribution in [0.3, 0.4) is 0 Å². The van der Waals surface area contributed by atoms with E-state index in [0.29, 0.717) is 10.8 Å². The van der Waals surface area contributed by atoms with Crippen LogP contribution in [0, 0.1) is 11.6 Å². The Morgan fingerprint density at radius 1 is 1.33 bits per heavy atom. The topological polar surface area (TPSA) is 76.1 Å². The van der Waals surface area contributed by atoms with Crippen LogP contribution in [-0.4, -0.2) is 34.5 Å². The van der Waals surface area contributed by atoms with E-state index in [1.165, 1.54) is 17.6 Å². The van der Waals surface area contributed by atoms with E-state index >= 15 is 0 Å². The number of hydrogen-bond acceptors (Lipinski definition) is 7. The first-order valence-corrected chi connectivity index (χ1v) is 9.80. The van der Waals surface area contributed by atoms with Crippen molar-refractivity contribution >= 4 is 34.5 Å². The Labute approximate surface area is 161 Å². The lowest BCUT2D eigenvalue weighted by Gasteiger charge is -2.11. The Kier molecular flexibility index (Phi) is 5.10. The van der Waals surface area contributed by atoms with Crippen molar-refractivity contribution in [3.8, 4) is 15.6 Å². The third-order valence-corrected chi connectivity index (χ3v) is 5.54. The number of rotatable bonds is 5. The van der Waals surface area contributed by atoms with Gasteiger partial charge in [0.15, 0.2) is 0 Å². The zero-order valence-electron chi connectivity index (χ0n) is 13.9. The summed E-state index contributed by atoms with van der Waals surface area (Å²) >= 11 is 2.15. The highest BCUT2D eigenvalue weighted by Gasteiger charge is 2.22. The first-order chi connectivity index (χ1) is 13.1. The van der Waals surface area contributed by atoms with Crippen LogP contribution in [0.5, 0.6) is 5.06 Å². The lowest BCUT2D eigenvalue weighted by molar-refractivity contribution is 0.102. The average molecular weight is 408 g/mol. The standard InChI is InChI=1S/C17H14F2N4O2S2/c18-10-2-1-3-11(19)14(10)16-23-13(8-26-16)15(24)22-12-7-21-27-17(12)25-9-4-5-20-6-9/h1-3,7-9,20H,4-6H2,(H,22,24). The molecular formula is C17H14F2N4O2S2. The van der Waals surface area contributed by atoms with Gasteiger partial charge < -0.3 is 15.4 Å². The molecule has 1 amide bonds. The molecule has 2 aromatic heterocycles. The van der Waals surface area contributed by atoms with Crippen molar-refractivity contribution in [2.75, 3.05) is 18.4 Å². The Bertz CT molecular complexity index is 949. The maximum absolute atomic E-state index is 13.9. The van der Waals surface area contributed by atoms with Gasteiger partial charge in [-0.1, -0.05) is 6.07 Å². The second kappa shape index (κ2) is 7.67. The summed E-state index contributed by atoms with van der Waals surface area (Å²) in [6.07, 6.45) is 2.43. The van der Waals surface area contributed by atoms with E-state index in [-0.39, 0.29) is 22.4 Å². The number of halogens is 2. The number of anilines is 1. The average Bonchev–Trinajstić information content (AvgIpc) is 3.38. The molecule has 140 valence electrons. The van der Waals surface area contributed by atoms with Gasteiger partial charge in [-0.25, -0.2) is 13.8 Å². The van der Waals surface area contributed by atoms with Gasteiger partial charge in [-0.2, -0.15) is 4.37 Å². The number of nitrogens with zero attached hydrogens (tertiary/aromatic N) is 2. The van der Waals surface area contributed by atoms with Gasteiger partial charge in [-0.05, 0) is 25.1 Å². The summed E-state index contributed by atoms with van der Waals surface area (Å²) in [4.78, 5) is 16.5. The minimum Gasteiger partial charge on any atom is -0.477 e. The van der Waals surface area contributed by atoms with Crippen molar-refractivity contribution in [1.29, 1.82) is 0 Å². The van der Waals surface area contributed by atoms with Gasteiger partial charge in [0.2, 0.25) is 5.06 Å². The fourth-order valence-electron chi connectivity index (χ4n) is 2.66. The molecule has 2 N–H and O–H groups in total. The summed E-state index contributed by atoms with van der Waals surface area (Å²) in [6, 6.07) is 3.58. The largest absolute Gasteiger partial charge is 0.477 e. The van der Waals surface area contributed by atoms with Gasteiger partial charge in [0.1, 0.15) is 34.1 Å². The maximum Gasteiger partial charge on any atom is 0.275 e. The Morgan fingerprint density at radius 3 is 2.89 bits per heavy atom. The molecule has 1 fully saturated rings. The van der Waals surface area contributed by atoms with Crippen molar-refractivity contribution < 1.29 is 18.3 Å². The maximum atomic E-state index is 13.9. The summed E-state index contributed by atoms with van der Waals surface area (Å²) < 4.78 is 37.7. The number of amides is 1. The van der Waals surface area contributed by atoms with Crippen LogP contribution in [0.2, 0.25) is 0 Å². The smallest absolute Gasteiger partial charge is 0.275 e. The second-order valence-electron chi connectivity index (χ2n) is 5.85. The zero-order chi connectivity index (χ0) is 18.8. The van der Waals surface area contributed by atoms with E-state index in [4.69, 9.17) is 4.74 Å². The van der Waals surface area contributed by atoms with Gasteiger partial charge in [0.05, 0.1) is 11.8 Å². The van der Waals surface area contributed by atoms with Crippen molar-refractivity contribution in [2.24, 2.45) is 0 Å². The molecule has 4 rings (SSSR count). The third-order valence-electron chi connectivity index (χ3n) is 3.99. The number of thiazole rings is 1. The molecule has 0 bridgehead atoms. The molecule has 0 spiro atoms. The third kappa shape index (κ3) is 3.82. The van der Waals surface area contributed by atoms with Crippen LogP contribution in [0.4, 0.5) is 14.5 Å². The lowest BCUT2D eigenvalue weighted by atomic mass is 10.2. The molecule has 3 heterocycles. The minimum atomic E-state index is -0.723. The molecule has 1 atom stereocenters. The molecule has 0 aliphatic carbocycles. The van der Waals surface area contributed by atoms with E-state index in [9.17, 15) is 13.6 Å². The van der Waals surface area contributed by atoms with Crippen molar-refractivity contribution in [2.45, 2.75) is 12.5 Å². The van der Waals surface area contributed by atoms with Crippen molar-refractivity contribution in [3.63, 3.8) is 0 Å². The number of benzene rings is 1. The summed E-state index contributed by atoms with van der Waals surface area (Å²) in [5.74, 6) is -1.94. The molecular weight excluding hydrogens is 394 g/mol. The zero-order valence-corrected chi connectivity index (χ0v) is 15.5. The highest BCUT2D eigenvalue weighted by molar-refractivity contribution is 7.13. The predicted octanol–water partition coefficient (Wildman–Crippen LogP) is 3.54. The summed E-state index contributed by atoms with van der Waals surface area (Å²) in [7, 11) is 0. The molecule has 0 radical (unpaired) electrons. The van der Waals surface area contributed by atoms with Gasteiger partial charge in [-0.3, -0.25) is 4.79 Å². The molecule has 0 saturated carbocycles. The molecule has 1 aliphatic heterocycles. The van der Waals surface area contributed by atoms with Crippen LogP contribution >= 0.6 is 22.9 Å². The van der Waals surface area contributed by atoms with Crippen LogP contribution in [0.1, 0.15) is 16.9 Å². The number of carbonyl (C=O) groups excluding carboxylic acids is 1. The predicted molar refractivity (Wildman–Crippen MR) is 99.4 cm³/mol. The fourth-order valence-corrected chi connectivity index (χ4v) is 4.14. The molecule has 1 aromatic carbocycles. The Balaban J connectivity index is 1.50. The highest BCUT2D eigenvalue weighted by Crippen LogP contribution is 2.32. The number of ether oxygens (including phenoxy) is 1. The van der Waals surface area contributed by atoms with Crippen LogP contribution in [-0.2, 0) is 0 Å². The fraction of sp³-hybridized carbons (Fsp3) is 0.235. The number of carbonyl (C=O) groups is 1. The van der Waals surface area contributed by atoms with Crippen molar-refractivity contribution in [1.82, 2.24) is 14.7 Å². The van der Waals surface area contributed by atoms with Crippen LogP contribution in [0.15, 0.2) is 29.8 Å². The van der Waals surface area contributed by atoms with Gasteiger partial charge >= 0.3 is 0 Å². The van der Waals surface area contributed by atoms with E-state index in [1.54, 1.807) is 0 Å². The highest BCUT2D eigenvalue weighted by atomic mass is 32.1. The summed E-state index contributed by atoms with van der Waals surface area (Å²) in [5.41, 5.74) is 0.275. The van der Waals surface area contributed by atoms with E-state index in [0.717, 1.165) is 54.5 Å². The molecule has 27 heavy (non-hydrogen) atoms. The van der Waals surface area contributed by atoms with Crippen molar-refractivity contribution in [3.05, 3.63) is 47.1 Å². The monoisotopic (exact) mass is 408 g/mol. The van der Waals surface area contributed by atoms with E-state index in [1.807, 2.05) is 0 Å². The molecule has 10 heteroatoms. The van der Waals surface area contributed by atoms with Gasteiger partial charge in [-0.15, -0.1) is 11.3 Å². The Hall–Kier alpha value is -2.43. The number of hydrogen-bond donors (Lipinski definition) is 2. The van der Waals surface area contributed by atoms with Crippen LogP contribution < -0.4 is 15.4 Å². The normalized spacial score (nSPS) is 16.4. The second-order valence-corrected chi connectivity index (χ2v) is 7.47. The molecule has 1 saturated heterocycles. The molecule has 1 aliphatic rings. The first kappa shape index (κ1) is 18.0.